The number of likely N-dealkylation sites (tertiary alicyclic amines) is 1. The fourth-order valence-electron chi connectivity index (χ4n) is 2.68. The van der Waals surface area contributed by atoms with E-state index >= 15 is 0 Å². The van der Waals surface area contributed by atoms with Gasteiger partial charge in [0.05, 0.1) is 7.11 Å². The zero-order chi connectivity index (χ0) is 15.7. The first-order valence-electron chi connectivity index (χ1n) is 7.34. The average Bonchev–Trinajstić information content (AvgIpc) is 3.15. The number of benzene rings is 1. The maximum atomic E-state index is 12.4. The van der Waals surface area contributed by atoms with Gasteiger partial charge in [-0.3, -0.25) is 4.79 Å². The summed E-state index contributed by atoms with van der Waals surface area (Å²) < 4.78 is 7.04. The summed E-state index contributed by atoms with van der Waals surface area (Å²) >= 11 is 0. The Balaban J connectivity index is 1.88. The molecule has 116 valence electrons. The summed E-state index contributed by atoms with van der Waals surface area (Å²) in [6, 6.07) is 7.65. The van der Waals surface area contributed by atoms with E-state index in [0.717, 1.165) is 23.4 Å². The minimum absolute atomic E-state index is 0.0710. The molecule has 3 rings (SSSR count). The number of methoxy groups -OCH3 is 1. The monoisotopic (exact) mass is 300 g/mol. The molecule has 1 aromatic heterocycles. The summed E-state index contributed by atoms with van der Waals surface area (Å²) in [6.45, 7) is 3.30. The van der Waals surface area contributed by atoms with E-state index in [-0.39, 0.29) is 11.9 Å². The lowest BCUT2D eigenvalue weighted by Gasteiger charge is -2.14. The Morgan fingerprint density at radius 1 is 1.41 bits per heavy atom. The summed E-state index contributed by atoms with van der Waals surface area (Å²) in [4.78, 5) is 14.2. The summed E-state index contributed by atoms with van der Waals surface area (Å²) in [5, 5.41) is 4.40. The molecule has 1 aliphatic rings. The van der Waals surface area contributed by atoms with Crippen LogP contribution in [0.1, 0.15) is 22.5 Å². The number of aromatic nitrogens is 2. The largest absolute Gasteiger partial charge is 0.494 e. The van der Waals surface area contributed by atoms with Crippen molar-refractivity contribution in [3.63, 3.8) is 0 Å². The molecule has 0 aliphatic carbocycles. The summed E-state index contributed by atoms with van der Waals surface area (Å²) in [5.41, 5.74) is 8.20. The van der Waals surface area contributed by atoms with Gasteiger partial charge in [0.15, 0.2) is 5.69 Å². The van der Waals surface area contributed by atoms with E-state index < -0.39 is 0 Å². The van der Waals surface area contributed by atoms with Gasteiger partial charge in [0.1, 0.15) is 11.4 Å². The van der Waals surface area contributed by atoms with Crippen LogP contribution in [0.2, 0.25) is 0 Å². The summed E-state index contributed by atoms with van der Waals surface area (Å²) in [7, 11) is 1.62. The second-order valence-electron chi connectivity index (χ2n) is 5.62. The molecule has 0 radical (unpaired) electrons. The van der Waals surface area contributed by atoms with Gasteiger partial charge in [-0.2, -0.15) is 5.10 Å². The predicted octanol–water partition coefficient (Wildman–Crippen LogP) is 1.36. The molecule has 0 bridgehead atoms. The lowest BCUT2D eigenvalue weighted by Crippen LogP contribution is -2.32. The van der Waals surface area contributed by atoms with Gasteiger partial charge >= 0.3 is 0 Å². The number of aryl methyl sites for hydroxylation is 1. The van der Waals surface area contributed by atoms with E-state index in [4.69, 9.17) is 10.5 Å². The highest BCUT2D eigenvalue weighted by molar-refractivity contribution is 5.92. The molecule has 2 aromatic rings. The highest BCUT2D eigenvalue weighted by atomic mass is 16.5. The van der Waals surface area contributed by atoms with Gasteiger partial charge in [-0.15, -0.1) is 0 Å². The molecule has 6 nitrogen and oxygen atoms in total. The number of carbonyl (C=O) groups is 1. The predicted molar refractivity (Wildman–Crippen MR) is 83.3 cm³/mol. The fraction of sp³-hybridized carbons (Fsp3) is 0.375. The van der Waals surface area contributed by atoms with E-state index in [1.54, 1.807) is 29.0 Å². The maximum absolute atomic E-state index is 12.4. The van der Waals surface area contributed by atoms with Crippen LogP contribution in [-0.4, -0.2) is 46.8 Å². The number of hydrogen-bond acceptors (Lipinski definition) is 4. The molecule has 6 heteroatoms. The van der Waals surface area contributed by atoms with Crippen molar-refractivity contribution >= 4 is 5.91 Å². The van der Waals surface area contributed by atoms with Crippen molar-refractivity contribution in [3.05, 3.63) is 41.7 Å². The molecule has 0 saturated carbocycles. The molecule has 1 aliphatic heterocycles. The molecule has 22 heavy (non-hydrogen) atoms. The number of nitrogens with zero attached hydrogens (tertiary/aromatic N) is 3. The second-order valence-corrected chi connectivity index (χ2v) is 5.62. The van der Waals surface area contributed by atoms with Crippen LogP contribution >= 0.6 is 0 Å². The molecule has 1 fully saturated rings. The first kappa shape index (κ1) is 14.6. The van der Waals surface area contributed by atoms with Gasteiger partial charge < -0.3 is 15.4 Å². The van der Waals surface area contributed by atoms with Crippen LogP contribution in [0.15, 0.2) is 30.5 Å². The first-order chi connectivity index (χ1) is 10.6. The van der Waals surface area contributed by atoms with Crippen LogP contribution in [0.4, 0.5) is 0 Å². The Hall–Kier alpha value is -2.34. The van der Waals surface area contributed by atoms with Crippen molar-refractivity contribution in [1.82, 2.24) is 14.7 Å². The topological polar surface area (TPSA) is 73.4 Å². The van der Waals surface area contributed by atoms with Crippen molar-refractivity contribution in [2.24, 2.45) is 5.73 Å². The van der Waals surface area contributed by atoms with Crippen LogP contribution in [0, 0.1) is 6.92 Å². The van der Waals surface area contributed by atoms with Gasteiger partial charge in [0.2, 0.25) is 0 Å². The minimum Gasteiger partial charge on any atom is -0.494 e. The quantitative estimate of drug-likeness (QED) is 0.929. The van der Waals surface area contributed by atoms with Crippen molar-refractivity contribution in [1.29, 1.82) is 0 Å². The Kier molecular flexibility index (Phi) is 3.85. The third-order valence-electron chi connectivity index (χ3n) is 3.90. The highest BCUT2D eigenvalue weighted by Crippen LogP contribution is 2.23. The molecule has 2 N–H and O–H groups in total. The molecule has 1 amide bonds. The molecule has 0 unspecified atom stereocenters. The minimum atomic E-state index is -0.0710. The van der Waals surface area contributed by atoms with Crippen LogP contribution in [-0.2, 0) is 0 Å². The van der Waals surface area contributed by atoms with Crippen molar-refractivity contribution in [2.75, 3.05) is 20.2 Å². The van der Waals surface area contributed by atoms with Crippen LogP contribution in [0.3, 0.4) is 0 Å². The average molecular weight is 300 g/mol. The van der Waals surface area contributed by atoms with Gasteiger partial charge in [0.25, 0.3) is 5.91 Å². The second kappa shape index (κ2) is 5.81. The fourth-order valence-corrected chi connectivity index (χ4v) is 2.68. The van der Waals surface area contributed by atoms with Crippen LogP contribution in [0.5, 0.6) is 5.75 Å². The van der Waals surface area contributed by atoms with Gasteiger partial charge in [0, 0.05) is 25.3 Å². The third-order valence-corrected chi connectivity index (χ3v) is 3.90. The molecular weight excluding hydrogens is 280 g/mol. The molecule has 1 atom stereocenters. The number of ether oxygens (including phenoxy) is 1. The normalized spacial score (nSPS) is 17.8. The first-order valence-corrected chi connectivity index (χ1v) is 7.34. The number of rotatable bonds is 3. The molecule has 1 saturated heterocycles. The lowest BCUT2D eigenvalue weighted by atomic mass is 10.2. The van der Waals surface area contributed by atoms with E-state index in [1.807, 2.05) is 25.1 Å². The van der Waals surface area contributed by atoms with E-state index in [9.17, 15) is 4.79 Å². The Morgan fingerprint density at radius 2 is 2.23 bits per heavy atom. The number of hydrogen-bond donors (Lipinski definition) is 1. The summed E-state index contributed by atoms with van der Waals surface area (Å²) in [6.07, 6.45) is 2.62. The maximum Gasteiger partial charge on any atom is 0.274 e. The van der Waals surface area contributed by atoms with E-state index in [0.29, 0.717) is 18.8 Å². The van der Waals surface area contributed by atoms with Gasteiger partial charge in [-0.05, 0) is 37.1 Å². The van der Waals surface area contributed by atoms with Crippen LogP contribution in [0.25, 0.3) is 5.69 Å². The standard InChI is InChI=1S/C16H20N4O2/c1-11-3-4-15(22-2)14(9-11)20-8-6-13(18-20)16(21)19-7-5-12(17)10-19/h3-4,6,8-9,12H,5,7,10,17H2,1-2H3/t12-/m1/s1. The van der Waals surface area contributed by atoms with Gasteiger partial charge in [-0.1, -0.05) is 6.07 Å². The van der Waals surface area contributed by atoms with Gasteiger partial charge in [-0.25, -0.2) is 4.68 Å². The van der Waals surface area contributed by atoms with Crippen molar-refractivity contribution < 1.29 is 9.53 Å². The molecule has 0 spiro atoms. The Bertz CT molecular complexity index is 695. The Morgan fingerprint density at radius 3 is 2.91 bits per heavy atom. The third kappa shape index (κ3) is 2.69. The Labute approximate surface area is 129 Å². The zero-order valence-corrected chi connectivity index (χ0v) is 12.8. The van der Waals surface area contributed by atoms with Crippen LogP contribution < -0.4 is 10.5 Å². The van der Waals surface area contributed by atoms with E-state index in [1.165, 1.54) is 0 Å². The van der Waals surface area contributed by atoms with E-state index in [2.05, 4.69) is 5.10 Å². The number of nitrogens with two attached hydrogens (primary N) is 1. The summed E-state index contributed by atoms with van der Waals surface area (Å²) in [5.74, 6) is 0.647. The van der Waals surface area contributed by atoms with Crippen molar-refractivity contribution in [2.45, 2.75) is 19.4 Å². The molecular formula is C16H20N4O2. The molecule has 1 aromatic carbocycles. The lowest BCUT2D eigenvalue weighted by molar-refractivity contribution is 0.0784. The number of amides is 1. The molecule has 2 heterocycles. The highest BCUT2D eigenvalue weighted by Gasteiger charge is 2.26. The van der Waals surface area contributed by atoms with Crippen molar-refractivity contribution in [3.8, 4) is 11.4 Å². The zero-order valence-electron chi connectivity index (χ0n) is 12.8. The number of carbonyl (C=O) groups excluding carboxylic acids is 1. The SMILES string of the molecule is COc1ccc(C)cc1-n1ccc(C(=O)N2CC[C@@H](N)C2)n1. The smallest absolute Gasteiger partial charge is 0.274 e.